The van der Waals surface area contributed by atoms with Crippen molar-refractivity contribution in [2.45, 2.75) is 81.8 Å². The highest BCUT2D eigenvalue weighted by Gasteiger charge is 2.39. The number of sulfonamides is 1. The number of halogens is 3. The Morgan fingerprint density at radius 3 is 2.56 bits per heavy atom. The van der Waals surface area contributed by atoms with Crippen molar-refractivity contribution < 1.29 is 26.4 Å². The lowest BCUT2D eigenvalue weighted by molar-refractivity contribution is -0.137. The largest absolute Gasteiger partial charge is 0.416 e. The number of hydrogen-bond acceptors (Lipinski definition) is 3. The van der Waals surface area contributed by atoms with E-state index in [4.69, 9.17) is 0 Å². The van der Waals surface area contributed by atoms with Crippen LogP contribution in [0.25, 0.3) is 0 Å². The molecular weight excluding hydrogens is 465 g/mol. The molecule has 0 radical (unpaired) electrons. The van der Waals surface area contributed by atoms with Gasteiger partial charge in [0, 0.05) is 25.0 Å². The Labute approximate surface area is 200 Å². The van der Waals surface area contributed by atoms with E-state index in [-0.39, 0.29) is 29.3 Å². The van der Waals surface area contributed by atoms with Crippen molar-refractivity contribution >= 4 is 15.9 Å². The van der Waals surface area contributed by atoms with Crippen LogP contribution in [0, 0.1) is 23.7 Å². The van der Waals surface area contributed by atoms with E-state index in [2.05, 4.69) is 12.2 Å². The van der Waals surface area contributed by atoms with Gasteiger partial charge in [-0.05, 0) is 87.3 Å². The molecule has 3 aliphatic carbocycles. The fourth-order valence-corrected chi connectivity index (χ4v) is 7.93. The van der Waals surface area contributed by atoms with Crippen molar-refractivity contribution in [1.82, 2.24) is 9.62 Å². The zero-order valence-corrected chi connectivity index (χ0v) is 20.5. The molecule has 1 aromatic rings. The predicted octanol–water partition coefficient (Wildman–Crippen LogP) is 5.22. The molecule has 3 atom stereocenters. The fraction of sp³-hybridized carbons (Fsp3) is 0.720. The van der Waals surface area contributed by atoms with Crippen LogP contribution in [-0.4, -0.2) is 37.8 Å². The average Bonchev–Trinajstić information content (AvgIpc) is 3.21. The summed E-state index contributed by atoms with van der Waals surface area (Å²) in [5, 5.41) is 3.04. The van der Waals surface area contributed by atoms with Gasteiger partial charge in [-0.15, -0.1) is 0 Å². The number of carbonyl (C=O) groups excluding carboxylic acids is 1. The van der Waals surface area contributed by atoms with Crippen LogP contribution in [-0.2, 0) is 21.0 Å². The van der Waals surface area contributed by atoms with Gasteiger partial charge in [0.15, 0.2) is 0 Å². The number of hydrogen-bond donors (Lipinski definition) is 1. The molecule has 5 rings (SSSR count). The minimum atomic E-state index is -4.60. The van der Waals surface area contributed by atoms with Crippen molar-refractivity contribution in [3.05, 3.63) is 29.8 Å². The zero-order valence-electron chi connectivity index (χ0n) is 19.7. The molecule has 4 fully saturated rings. The van der Waals surface area contributed by atoms with Crippen LogP contribution >= 0.6 is 0 Å². The third kappa shape index (κ3) is 5.61. The maximum atomic E-state index is 13.1. The molecule has 1 N–H and O–H groups in total. The molecule has 2 unspecified atom stereocenters. The van der Waals surface area contributed by atoms with Gasteiger partial charge in [0.2, 0.25) is 15.9 Å². The molecule has 1 aromatic carbocycles. The second-order valence-corrected chi connectivity index (χ2v) is 12.3. The second kappa shape index (κ2) is 10.2. The molecule has 3 saturated carbocycles. The first kappa shape index (κ1) is 25.5. The van der Waals surface area contributed by atoms with Crippen molar-refractivity contribution in [1.29, 1.82) is 0 Å². The monoisotopic (exact) mass is 500 g/mol. The van der Waals surface area contributed by atoms with Crippen LogP contribution in [0.1, 0.15) is 70.3 Å². The second-order valence-electron chi connectivity index (χ2n) is 10.4. The van der Waals surface area contributed by atoms with Gasteiger partial charge in [0.25, 0.3) is 0 Å². The lowest BCUT2D eigenvalue weighted by Crippen LogP contribution is -2.41. The van der Waals surface area contributed by atoms with E-state index in [1.165, 1.54) is 29.6 Å². The van der Waals surface area contributed by atoms with E-state index in [9.17, 15) is 26.4 Å². The molecule has 1 heterocycles. The molecule has 0 spiro atoms. The van der Waals surface area contributed by atoms with Crippen molar-refractivity contribution in [2.75, 3.05) is 13.1 Å². The van der Waals surface area contributed by atoms with Crippen LogP contribution in [0.3, 0.4) is 0 Å². The minimum Gasteiger partial charge on any atom is -0.356 e. The topological polar surface area (TPSA) is 66.5 Å². The highest BCUT2D eigenvalue weighted by atomic mass is 32.2. The van der Waals surface area contributed by atoms with E-state index in [1.54, 1.807) is 0 Å². The smallest absolute Gasteiger partial charge is 0.356 e. The summed E-state index contributed by atoms with van der Waals surface area (Å²) >= 11 is 0. The van der Waals surface area contributed by atoms with Crippen LogP contribution in [0.5, 0.6) is 0 Å². The predicted molar refractivity (Wildman–Crippen MR) is 123 cm³/mol. The van der Waals surface area contributed by atoms with Crippen molar-refractivity contribution in [3.63, 3.8) is 0 Å². The van der Waals surface area contributed by atoms with Gasteiger partial charge in [-0.1, -0.05) is 19.4 Å². The molecule has 5 nitrogen and oxygen atoms in total. The number of alkyl halides is 3. The first-order chi connectivity index (χ1) is 16.1. The number of fused-ring (bicyclic) bond motifs is 4. The number of rotatable bonds is 7. The van der Waals surface area contributed by atoms with Gasteiger partial charge in [-0.2, -0.15) is 17.5 Å². The highest BCUT2D eigenvalue weighted by Crippen LogP contribution is 2.46. The molecule has 0 aromatic heterocycles. The fourth-order valence-electron chi connectivity index (χ4n) is 6.16. The van der Waals surface area contributed by atoms with Crippen LogP contribution < -0.4 is 5.32 Å². The van der Waals surface area contributed by atoms with Gasteiger partial charge in [-0.25, -0.2) is 8.42 Å². The quantitative estimate of drug-likeness (QED) is 0.558. The van der Waals surface area contributed by atoms with Crippen molar-refractivity contribution in [2.24, 2.45) is 23.7 Å². The van der Waals surface area contributed by atoms with Crippen LogP contribution in [0.4, 0.5) is 13.2 Å². The maximum absolute atomic E-state index is 13.1. The van der Waals surface area contributed by atoms with Gasteiger partial charge < -0.3 is 5.32 Å². The van der Waals surface area contributed by atoms with E-state index in [0.717, 1.165) is 37.3 Å². The molecule has 34 heavy (non-hydrogen) atoms. The lowest BCUT2D eigenvalue weighted by atomic mass is 9.63. The Kier molecular flexibility index (Phi) is 7.62. The Balaban J connectivity index is 1.35. The SMILES string of the molecule is CC[C@H]1CC2CC(C2)CC(C(=O)NCCC2CCCN2S(=O)(=O)c2cccc(C(F)(F)F)c2)C1. The normalized spacial score (nSPS) is 30.3. The summed E-state index contributed by atoms with van der Waals surface area (Å²) in [6.45, 7) is 2.84. The van der Waals surface area contributed by atoms with Gasteiger partial charge >= 0.3 is 6.18 Å². The Hall–Kier alpha value is -1.61. The summed E-state index contributed by atoms with van der Waals surface area (Å²) in [5.41, 5.74) is -0.973. The van der Waals surface area contributed by atoms with Gasteiger partial charge in [-0.3, -0.25) is 4.79 Å². The summed E-state index contributed by atoms with van der Waals surface area (Å²) in [6, 6.07) is 3.59. The molecule has 190 valence electrons. The number of benzene rings is 1. The molecule has 9 heteroatoms. The number of nitrogens with one attached hydrogen (secondary N) is 1. The summed E-state index contributed by atoms with van der Waals surface area (Å²) in [5.74, 6) is 2.16. The van der Waals surface area contributed by atoms with E-state index in [0.29, 0.717) is 43.7 Å². The number of nitrogens with zero attached hydrogens (tertiary/aromatic N) is 1. The van der Waals surface area contributed by atoms with E-state index < -0.39 is 21.8 Å². The molecule has 2 bridgehead atoms. The lowest BCUT2D eigenvalue weighted by Gasteiger charge is -2.42. The Morgan fingerprint density at radius 1 is 1.12 bits per heavy atom. The third-order valence-electron chi connectivity index (χ3n) is 8.05. The summed E-state index contributed by atoms with van der Waals surface area (Å²) in [6.07, 6.45) is 3.81. The maximum Gasteiger partial charge on any atom is 0.416 e. The average molecular weight is 501 g/mol. The van der Waals surface area contributed by atoms with Gasteiger partial charge in [0.1, 0.15) is 0 Å². The Bertz CT molecular complexity index is 976. The molecule has 1 aliphatic heterocycles. The number of carbonyl (C=O) groups is 1. The first-order valence-electron chi connectivity index (χ1n) is 12.5. The summed E-state index contributed by atoms with van der Waals surface area (Å²) in [7, 11) is -4.04. The molecule has 4 aliphatic rings. The number of amides is 1. The Morgan fingerprint density at radius 2 is 1.85 bits per heavy atom. The van der Waals surface area contributed by atoms with E-state index in [1.807, 2.05) is 0 Å². The van der Waals surface area contributed by atoms with E-state index >= 15 is 0 Å². The van der Waals surface area contributed by atoms with Crippen LogP contribution in [0.15, 0.2) is 29.2 Å². The summed E-state index contributed by atoms with van der Waals surface area (Å²) in [4.78, 5) is 12.6. The third-order valence-corrected chi connectivity index (χ3v) is 10.00. The molecule has 1 amide bonds. The molecule has 1 saturated heterocycles. The van der Waals surface area contributed by atoms with Crippen molar-refractivity contribution in [3.8, 4) is 0 Å². The summed E-state index contributed by atoms with van der Waals surface area (Å²) < 4.78 is 66.8. The highest BCUT2D eigenvalue weighted by molar-refractivity contribution is 7.89. The zero-order chi connectivity index (χ0) is 24.5. The first-order valence-corrected chi connectivity index (χ1v) is 14.0. The van der Waals surface area contributed by atoms with Gasteiger partial charge in [0.05, 0.1) is 10.5 Å². The molecular formula is C25H35F3N2O3S. The minimum absolute atomic E-state index is 0.0183. The van der Waals surface area contributed by atoms with Crippen LogP contribution in [0.2, 0.25) is 0 Å². The standard InChI is InChI=1S/C25H35F3N2O3S/c1-2-17-11-18-12-19(13-18)15-20(14-17)24(31)29-9-8-22-6-4-10-30(22)34(32,33)23-7-3-5-21(16-23)25(26,27)28/h3,5,7,16-20,22H,2,4,6,8-15H2,1H3,(H,29,31)/t17-,18?,19?,20?,22?/m0/s1.